The van der Waals surface area contributed by atoms with Gasteiger partial charge in [-0.1, -0.05) is 63.3 Å². The molecule has 0 aliphatic carbocycles. The number of amides is 1. The highest BCUT2D eigenvalue weighted by molar-refractivity contribution is 5.93. The van der Waals surface area contributed by atoms with Crippen molar-refractivity contribution in [2.45, 2.75) is 51.9 Å². The van der Waals surface area contributed by atoms with Crippen molar-refractivity contribution in [2.75, 3.05) is 0 Å². The van der Waals surface area contributed by atoms with Crippen molar-refractivity contribution in [3.05, 3.63) is 41.5 Å². The molecule has 0 spiro atoms. The lowest BCUT2D eigenvalue weighted by atomic mass is 10.1. The first-order valence-corrected chi connectivity index (χ1v) is 7.49. The molecule has 2 N–H and O–H groups in total. The van der Waals surface area contributed by atoms with Crippen LogP contribution in [-0.2, 0) is 0 Å². The standard InChI is InChI=1S/C17H25NO2/c1-2-3-4-5-6-7-8-9-10-15-11-13-16(14-12-15)17(19)18-20/h9-14,20H,2-8H2,1H3,(H,18,19)/b10-9-. The van der Waals surface area contributed by atoms with Crippen molar-refractivity contribution in [2.24, 2.45) is 0 Å². The molecule has 110 valence electrons. The zero-order valence-corrected chi connectivity index (χ0v) is 12.3. The smallest absolute Gasteiger partial charge is 0.274 e. The Morgan fingerprint density at radius 3 is 2.40 bits per heavy atom. The molecule has 3 heteroatoms. The predicted molar refractivity (Wildman–Crippen MR) is 82.7 cm³/mol. The number of carbonyl (C=O) groups is 1. The fourth-order valence-electron chi connectivity index (χ4n) is 2.07. The Bertz CT molecular complexity index is 410. The van der Waals surface area contributed by atoms with Gasteiger partial charge in [0.25, 0.3) is 5.91 Å². The Morgan fingerprint density at radius 1 is 1.10 bits per heavy atom. The number of allylic oxidation sites excluding steroid dienone is 1. The van der Waals surface area contributed by atoms with Crippen molar-refractivity contribution in [3.8, 4) is 0 Å². The number of nitrogens with one attached hydrogen (secondary N) is 1. The molecule has 0 aliphatic heterocycles. The quantitative estimate of drug-likeness (QED) is 0.394. The lowest BCUT2D eigenvalue weighted by Gasteiger charge is -1.99. The van der Waals surface area contributed by atoms with Crippen molar-refractivity contribution < 1.29 is 10.0 Å². The van der Waals surface area contributed by atoms with E-state index in [1.165, 1.54) is 38.5 Å². The van der Waals surface area contributed by atoms with E-state index in [4.69, 9.17) is 5.21 Å². The maximum atomic E-state index is 11.2. The summed E-state index contributed by atoms with van der Waals surface area (Å²) in [5, 5.41) is 8.52. The summed E-state index contributed by atoms with van der Waals surface area (Å²) >= 11 is 0. The van der Waals surface area contributed by atoms with E-state index in [0.29, 0.717) is 5.56 Å². The molecule has 0 radical (unpaired) electrons. The van der Waals surface area contributed by atoms with Crippen LogP contribution in [0.2, 0.25) is 0 Å². The highest BCUT2D eigenvalue weighted by atomic mass is 16.5. The van der Waals surface area contributed by atoms with E-state index in [1.807, 2.05) is 12.1 Å². The summed E-state index contributed by atoms with van der Waals surface area (Å²) in [4.78, 5) is 11.2. The van der Waals surface area contributed by atoms with E-state index in [1.54, 1.807) is 17.6 Å². The highest BCUT2D eigenvalue weighted by Gasteiger charge is 2.01. The van der Waals surface area contributed by atoms with Gasteiger partial charge in [0.05, 0.1) is 0 Å². The normalized spacial score (nSPS) is 10.9. The third-order valence-corrected chi connectivity index (χ3v) is 3.31. The minimum atomic E-state index is -0.479. The average molecular weight is 275 g/mol. The minimum Gasteiger partial charge on any atom is -0.288 e. The fraction of sp³-hybridized carbons (Fsp3) is 0.471. The summed E-state index contributed by atoms with van der Waals surface area (Å²) < 4.78 is 0. The molecule has 0 fully saturated rings. The fourth-order valence-corrected chi connectivity index (χ4v) is 2.07. The molecule has 0 aliphatic rings. The van der Waals surface area contributed by atoms with E-state index in [2.05, 4.69) is 19.1 Å². The lowest BCUT2D eigenvalue weighted by molar-refractivity contribution is 0.0706. The van der Waals surface area contributed by atoms with Gasteiger partial charge in [0, 0.05) is 5.56 Å². The van der Waals surface area contributed by atoms with Crippen LogP contribution in [0.3, 0.4) is 0 Å². The van der Waals surface area contributed by atoms with E-state index in [9.17, 15) is 4.79 Å². The van der Waals surface area contributed by atoms with Gasteiger partial charge < -0.3 is 0 Å². The Kier molecular flexibility index (Phi) is 8.40. The average Bonchev–Trinajstić information content (AvgIpc) is 2.50. The molecule has 1 rings (SSSR count). The van der Waals surface area contributed by atoms with Gasteiger partial charge in [-0.15, -0.1) is 0 Å². The lowest BCUT2D eigenvalue weighted by Crippen LogP contribution is -2.18. The highest BCUT2D eigenvalue weighted by Crippen LogP contribution is 2.10. The third-order valence-electron chi connectivity index (χ3n) is 3.31. The van der Waals surface area contributed by atoms with Gasteiger partial charge in [-0.2, -0.15) is 0 Å². The van der Waals surface area contributed by atoms with E-state index < -0.39 is 5.91 Å². The molecule has 1 aromatic rings. The first-order chi connectivity index (χ1) is 9.77. The van der Waals surface area contributed by atoms with Crippen LogP contribution < -0.4 is 5.48 Å². The largest absolute Gasteiger partial charge is 0.288 e. The van der Waals surface area contributed by atoms with Gasteiger partial charge in [0.1, 0.15) is 0 Å². The summed E-state index contributed by atoms with van der Waals surface area (Å²) in [5.74, 6) is -0.479. The number of rotatable bonds is 9. The molecule has 0 saturated heterocycles. The number of hydrogen-bond donors (Lipinski definition) is 2. The van der Waals surface area contributed by atoms with Crippen LogP contribution in [0.15, 0.2) is 30.3 Å². The van der Waals surface area contributed by atoms with Crippen LogP contribution in [0, 0.1) is 0 Å². The molecular weight excluding hydrogens is 250 g/mol. The van der Waals surface area contributed by atoms with Gasteiger partial charge in [0.15, 0.2) is 0 Å². The van der Waals surface area contributed by atoms with Gasteiger partial charge in [-0.3, -0.25) is 10.0 Å². The Morgan fingerprint density at radius 2 is 1.75 bits per heavy atom. The van der Waals surface area contributed by atoms with Crippen LogP contribution in [0.25, 0.3) is 6.08 Å². The summed E-state index contributed by atoms with van der Waals surface area (Å²) in [6, 6.07) is 7.16. The SMILES string of the molecule is CCCCCCCC/C=C\c1ccc(C(=O)NO)cc1. The molecule has 3 nitrogen and oxygen atoms in total. The van der Waals surface area contributed by atoms with Crippen LogP contribution in [0.4, 0.5) is 0 Å². The molecule has 0 heterocycles. The monoisotopic (exact) mass is 275 g/mol. The first-order valence-electron chi connectivity index (χ1n) is 7.49. The molecule has 0 aromatic heterocycles. The zero-order chi connectivity index (χ0) is 14.6. The second kappa shape index (κ2) is 10.2. The number of hydroxylamine groups is 1. The van der Waals surface area contributed by atoms with E-state index >= 15 is 0 Å². The van der Waals surface area contributed by atoms with Gasteiger partial charge >= 0.3 is 0 Å². The Labute approximate surface area is 121 Å². The van der Waals surface area contributed by atoms with Crippen LogP contribution in [-0.4, -0.2) is 11.1 Å². The maximum Gasteiger partial charge on any atom is 0.274 e. The summed E-state index contributed by atoms with van der Waals surface area (Å²) in [7, 11) is 0. The summed E-state index contributed by atoms with van der Waals surface area (Å²) in [5.41, 5.74) is 3.16. The first kappa shape index (κ1) is 16.4. The summed E-state index contributed by atoms with van der Waals surface area (Å²) in [6.45, 7) is 2.23. The number of unbranched alkanes of at least 4 members (excludes halogenated alkanes) is 6. The molecular formula is C17H25NO2. The minimum absolute atomic E-state index is 0.459. The Balaban J connectivity index is 2.23. The van der Waals surface area contributed by atoms with Crippen molar-refractivity contribution in [1.29, 1.82) is 0 Å². The number of benzene rings is 1. The van der Waals surface area contributed by atoms with Crippen LogP contribution >= 0.6 is 0 Å². The van der Waals surface area contributed by atoms with Gasteiger partial charge in [-0.25, -0.2) is 5.48 Å². The van der Waals surface area contributed by atoms with Gasteiger partial charge in [-0.05, 0) is 30.5 Å². The van der Waals surface area contributed by atoms with Crippen LogP contribution in [0.5, 0.6) is 0 Å². The van der Waals surface area contributed by atoms with E-state index in [0.717, 1.165) is 12.0 Å². The number of hydrogen-bond acceptors (Lipinski definition) is 2. The van der Waals surface area contributed by atoms with Crippen molar-refractivity contribution in [1.82, 2.24) is 5.48 Å². The topological polar surface area (TPSA) is 49.3 Å². The molecule has 1 aromatic carbocycles. The van der Waals surface area contributed by atoms with E-state index in [-0.39, 0.29) is 0 Å². The molecule has 0 unspecified atom stereocenters. The van der Waals surface area contributed by atoms with Crippen LogP contribution in [0.1, 0.15) is 67.8 Å². The molecule has 0 bridgehead atoms. The van der Waals surface area contributed by atoms with Crippen molar-refractivity contribution >= 4 is 12.0 Å². The second-order valence-electron chi connectivity index (χ2n) is 5.02. The number of carbonyl (C=O) groups excluding carboxylic acids is 1. The summed E-state index contributed by atoms with van der Waals surface area (Å²) in [6.07, 6.45) is 13.2. The predicted octanol–water partition coefficient (Wildman–Crippen LogP) is 4.57. The van der Waals surface area contributed by atoms with Gasteiger partial charge in [0.2, 0.25) is 0 Å². The maximum absolute atomic E-state index is 11.2. The molecule has 1 amide bonds. The van der Waals surface area contributed by atoms with Crippen molar-refractivity contribution in [3.63, 3.8) is 0 Å². The third kappa shape index (κ3) is 6.53. The Hall–Kier alpha value is -1.61. The molecule has 0 saturated carbocycles. The molecule has 20 heavy (non-hydrogen) atoms. The molecule has 0 atom stereocenters. The second-order valence-corrected chi connectivity index (χ2v) is 5.02. The zero-order valence-electron chi connectivity index (χ0n) is 12.3.